The largest absolute Gasteiger partial charge is 0.340 e. The van der Waals surface area contributed by atoms with Gasteiger partial charge in [-0.25, -0.2) is 0 Å². The fraction of sp³-hybridized carbons (Fsp3) is 0.267. The van der Waals surface area contributed by atoms with E-state index in [0.29, 0.717) is 6.54 Å². The number of nitrogens with two attached hydrogens (primary N) is 1. The molecular weight excluding hydrogens is 222 g/mol. The van der Waals surface area contributed by atoms with Crippen LogP contribution in [0.15, 0.2) is 42.7 Å². The Bertz CT molecular complexity index is 505. The van der Waals surface area contributed by atoms with E-state index >= 15 is 0 Å². The minimum Gasteiger partial charge on any atom is -0.340 e. The molecule has 0 fully saturated rings. The third-order valence-corrected chi connectivity index (χ3v) is 3.06. The first-order valence-corrected chi connectivity index (χ1v) is 6.23. The molecule has 2 N–H and O–H groups in total. The quantitative estimate of drug-likeness (QED) is 0.894. The van der Waals surface area contributed by atoms with Crippen LogP contribution in [0.25, 0.3) is 0 Å². The first-order valence-electron chi connectivity index (χ1n) is 6.23. The number of hydrogen-bond donors (Lipinski definition) is 1. The monoisotopic (exact) mass is 241 g/mol. The van der Waals surface area contributed by atoms with E-state index in [4.69, 9.17) is 5.73 Å². The Morgan fingerprint density at radius 1 is 1.17 bits per heavy atom. The van der Waals surface area contributed by atoms with Gasteiger partial charge in [0.15, 0.2) is 0 Å². The van der Waals surface area contributed by atoms with Crippen molar-refractivity contribution in [3.63, 3.8) is 0 Å². The van der Waals surface area contributed by atoms with Crippen molar-refractivity contribution in [2.24, 2.45) is 5.73 Å². The molecule has 1 heterocycles. The van der Waals surface area contributed by atoms with E-state index in [-0.39, 0.29) is 0 Å². The van der Waals surface area contributed by atoms with Crippen LogP contribution in [-0.2, 0) is 6.54 Å². The molecule has 2 rings (SSSR count). The Morgan fingerprint density at radius 3 is 2.50 bits per heavy atom. The highest BCUT2D eigenvalue weighted by atomic mass is 15.1. The molecule has 2 aromatic rings. The van der Waals surface area contributed by atoms with Crippen molar-refractivity contribution >= 4 is 11.4 Å². The Morgan fingerprint density at radius 2 is 1.89 bits per heavy atom. The van der Waals surface area contributed by atoms with E-state index in [1.165, 1.54) is 11.3 Å². The summed E-state index contributed by atoms with van der Waals surface area (Å²) in [5.74, 6) is 0. The normalized spacial score (nSPS) is 10.4. The molecule has 0 unspecified atom stereocenters. The predicted molar refractivity (Wildman–Crippen MR) is 76.0 cm³/mol. The number of anilines is 2. The summed E-state index contributed by atoms with van der Waals surface area (Å²) in [5.41, 5.74) is 10.4. The van der Waals surface area contributed by atoms with Crippen LogP contribution >= 0.6 is 0 Å². The van der Waals surface area contributed by atoms with Gasteiger partial charge in [-0.1, -0.05) is 17.7 Å². The average molecular weight is 241 g/mol. The van der Waals surface area contributed by atoms with Gasteiger partial charge < -0.3 is 10.6 Å². The third kappa shape index (κ3) is 2.51. The Balaban J connectivity index is 2.41. The second kappa shape index (κ2) is 5.65. The molecule has 94 valence electrons. The zero-order chi connectivity index (χ0) is 13.0. The highest BCUT2D eigenvalue weighted by Crippen LogP contribution is 2.27. The summed E-state index contributed by atoms with van der Waals surface area (Å²) in [6.07, 6.45) is 3.67. The topological polar surface area (TPSA) is 42.2 Å². The molecule has 1 aromatic carbocycles. The fourth-order valence-electron chi connectivity index (χ4n) is 2.05. The summed E-state index contributed by atoms with van der Waals surface area (Å²) in [6, 6.07) is 10.5. The standard InChI is InChI=1S/C15H19N3/c1-3-18(14-6-4-12(2)5-7-14)15-11-17-9-8-13(15)10-16/h4-9,11H,3,10,16H2,1-2H3. The summed E-state index contributed by atoms with van der Waals surface area (Å²) in [4.78, 5) is 6.44. The molecule has 0 atom stereocenters. The second-order valence-corrected chi connectivity index (χ2v) is 4.29. The van der Waals surface area contributed by atoms with Crippen molar-refractivity contribution in [3.8, 4) is 0 Å². The highest BCUT2D eigenvalue weighted by Gasteiger charge is 2.10. The van der Waals surface area contributed by atoms with Gasteiger partial charge in [-0.2, -0.15) is 0 Å². The van der Waals surface area contributed by atoms with E-state index in [0.717, 1.165) is 17.8 Å². The van der Waals surface area contributed by atoms with E-state index in [1.54, 1.807) is 6.20 Å². The van der Waals surface area contributed by atoms with Crippen LogP contribution in [-0.4, -0.2) is 11.5 Å². The number of rotatable bonds is 4. The van der Waals surface area contributed by atoms with Crippen molar-refractivity contribution in [3.05, 3.63) is 53.9 Å². The molecule has 0 aliphatic carbocycles. The molecule has 0 aliphatic rings. The van der Waals surface area contributed by atoms with E-state index in [9.17, 15) is 0 Å². The number of nitrogens with zero attached hydrogens (tertiary/aromatic N) is 2. The maximum absolute atomic E-state index is 5.79. The summed E-state index contributed by atoms with van der Waals surface area (Å²) in [7, 11) is 0. The van der Waals surface area contributed by atoms with Crippen LogP contribution in [0, 0.1) is 6.92 Å². The van der Waals surface area contributed by atoms with Gasteiger partial charge in [0.25, 0.3) is 0 Å². The SMILES string of the molecule is CCN(c1ccc(C)cc1)c1cnccc1CN. The molecule has 0 saturated heterocycles. The first kappa shape index (κ1) is 12.6. The van der Waals surface area contributed by atoms with Gasteiger partial charge in [0.1, 0.15) is 0 Å². The van der Waals surface area contributed by atoms with Gasteiger partial charge >= 0.3 is 0 Å². The van der Waals surface area contributed by atoms with Gasteiger partial charge in [0.2, 0.25) is 0 Å². The van der Waals surface area contributed by atoms with Gasteiger partial charge in [0.05, 0.1) is 11.9 Å². The molecule has 1 aromatic heterocycles. The molecule has 0 aliphatic heterocycles. The van der Waals surface area contributed by atoms with Gasteiger partial charge in [-0.3, -0.25) is 4.98 Å². The smallest absolute Gasteiger partial charge is 0.0642 e. The first-order chi connectivity index (χ1) is 8.76. The van der Waals surface area contributed by atoms with Crippen molar-refractivity contribution in [2.75, 3.05) is 11.4 Å². The molecule has 3 heteroatoms. The van der Waals surface area contributed by atoms with Crippen LogP contribution in [0.5, 0.6) is 0 Å². The highest BCUT2D eigenvalue weighted by molar-refractivity contribution is 5.65. The van der Waals surface area contributed by atoms with Crippen LogP contribution in [0.2, 0.25) is 0 Å². The summed E-state index contributed by atoms with van der Waals surface area (Å²) in [6.45, 7) is 5.64. The number of pyridine rings is 1. The van der Waals surface area contributed by atoms with Crippen molar-refractivity contribution in [1.82, 2.24) is 4.98 Å². The van der Waals surface area contributed by atoms with Gasteiger partial charge in [0, 0.05) is 25.0 Å². The maximum Gasteiger partial charge on any atom is 0.0642 e. The molecule has 3 nitrogen and oxygen atoms in total. The lowest BCUT2D eigenvalue weighted by Gasteiger charge is -2.25. The molecular formula is C15H19N3. The fourth-order valence-corrected chi connectivity index (χ4v) is 2.05. The molecule has 0 bridgehead atoms. The summed E-state index contributed by atoms with van der Waals surface area (Å²) >= 11 is 0. The van der Waals surface area contributed by atoms with Crippen molar-refractivity contribution in [2.45, 2.75) is 20.4 Å². The number of benzene rings is 1. The molecule has 0 spiro atoms. The van der Waals surface area contributed by atoms with Crippen molar-refractivity contribution < 1.29 is 0 Å². The second-order valence-electron chi connectivity index (χ2n) is 4.29. The zero-order valence-electron chi connectivity index (χ0n) is 10.9. The molecule has 0 saturated carbocycles. The number of aryl methyl sites for hydroxylation is 1. The van der Waals surface area contributed by atoms with Gasteiger partial charge in [-0.05, 0) is 37.6 Å². The van der Waals surface area contributed by atoms with Crippen LogP contribution in [0.3, 0.4) is 0 Å². The number of aromatic nitrogens is 1. The van der Waals surface area contributed by atoms with Gasteiger partial charge in [-0.15, -0.1) is 0 Å². The Hall–Kier alpha value is -1.87. The average Bonchev–Trinajstić information content (AvgIpc) is 2.42. The molecule has 0 amide bonds. The predicted octanol–water partition coefficient (Wildman–Crippen LogP) is 3.01. The minimum atomic E-state index is 0.528. The van der Waals surface area contributed by atoms with E-state index < -0.39 is 0 Å². The Labute approximate surface area is 108 Å². The maximum atomic E-state index is 5.79. The van der Waals surface area contributed by atoms with E-state index in [1.807, 2.05) is 12.3 Å². The molecule has 18 heavy (non-hydrogen) atoms. The van der Waals surface area contributed by atoms with Crippen molar-refractivity contribution in [1.29, 1.82) is 0 Å². The zero-order valence-corrected chi connectivity index (χ0v) is 10.9. The Kier molecular flexibility index (Phi) is 3.95. The lowest BCUT2D eigenvalue weighted by atomic mass is 10.1. The van der Waals surface area contributed by atoms with Crippen LogP contribution in [0.4, 0.5) is 11.4 Å². The summed E-state index contributed by atoms with van der Waals surface area (Å²) < 4.78 is 0. The summed E-state index contributed by atoms with van der Waals surface area (Å²) in [5, 5.41) is 0. The van der Waals surface area contributed by atoms with Crippen LogP contribution < -0.4 is 10.6 Å². The lowest BCUT2D eigenvalue weighted by Crippen LogP contribution is -2.18. The van der Waals surface area contributed by atoms with E-state index in [2.05, 4.69) is 48.0 Å². The minimum absolute atomic E-state index is 0.528. The lowest BCUT2D eigenvalue weighted by molar-refractivity contribution is 0.972. The third-order valence-electron chi connectivity index (χ3n) is 3.06. The number of hydrogen-bond acceptors (Lipinski definition) is 3. The van der Waals surface area contributed by atoms with Crippen LogP contribution in [0.1, 0.15) is 18.1 Å². The molecule has 0 radical (unpaired) electrons.